The second kappa shape index (κ2) is 5.37. The first-order valence-corrected chi connectivity index (χ1v) is 5.79. The summed E-state index contributed by atoms with van der Waals surface area (Å²) in [5, 5.41) is 9.14. The molecule has 3 nitrogen and oxygen atoms in total. The van der Waals surface area contributed by atoms with Gasteiger partial charge in [-0.1, -0.05) is 6.08 Å². The second-order valence-electron chi connectivity index (χ2n) is 5.50. The molecule has 0 unspecified atom stereocenters. The highest BCUT2D eigenvalue weighted by atomic mass is 16.4. The van der Waals surface area contributed by atoms with Crippen molar-refractivity contribution in [3.05, 3.63) is 12.7 Å². The van der Waals surface area contributed by atoms with Crippen LogP contribution in [0.1, 0.15) is 53.9 Å². The Hall–Kier alpha value is -0.990. The number of piperidine rings is 1. The summed E-state index contributed by atoms with van der Waals surface area (Å²) in [5.74, 6) is 0. The minimum Gasteiger partial charge on any atom is -0.465 e. The lowest BCUT2D eigenvalue weighted by Crippen LogP contribution is -2.60. The molecule has 16 heavy (non-hydrogen) atoms. The van der Waals surface area contributed by atoms with E-state index < -0.39 is 6.09 Å². The topological polar surface area (TPSA) is 40.5 Å². The smallest absolute Gasteiger partial charge is 0.408 e. The van der Waals surface area contributed by atoms with E-state index in [0.717, 1.165) is 19.3 Å². The molecule has 1 heterocycles. The normalized spacial score (nSPS) is 21.7. The number of nitrogens with zero attached hydrogens (tertiary/aromatic N) is 1. The molecule has 0 bridgehead atoms. The third kappa shape index (κ3) is 3.54. The Morgan fingerprint density at radius 1 is 1.25 bits per heavy atom. The minimum atomic E-state index is -0.797. The van der Waals surface area contributed by atoms with E-state index in [4.69, 9.17) is 5.11 Å². The summed E-state index contributed by atoms with van der Waals surface area (Å²) in [4.78, 5) is 12.7. The molecule has 1 aliphatic heterocycles. The van der Waals surface area contributed by atoms with Crippen molar-refractivity contribution in [1.29, 1.82) is 0 Å². The number of rotatable bonds is 0. The molecule has 1 saturated heterocycles. The molecule has 0 aliphatic carbocycles. The zero-order valence-electron chi connectivity index (χ0n) is 11.2. The molecule has 1 rings (SSSR count). The van der Waals surface area contributed by atoms with E-state index >= 15 is 0 Å². The monoisotopic (exact) mass is 227 g/mol. The van der Waals surface area contributed by atoms with Crippen molar-refractivity contribution < 1.29 is 9.90 Å². The maximum absolute atomic E-state index is 11.1. The van der Waals surface area contributed by atoms with Crippen LogP contribution in [0.4, 0.5) is 4.79 Å². The van der Waals surface area contributed by atoms with Gasteiger partial charge in [0.05, 0.1) is 0 Å². The van der Waals surface area contributed by atoms with Crippen molar-refractivity contribution in [2.24, 2.45) is 0 Å². The van der Waals surface area contributed by atoms with E-state index in [9.17, 15) is 4.79 Å². The Kier molecular flexibility index (Phi) is 5.04. The lowest BCUT2D eigenvalue weighted by Gasteiger charge is -2.51. The largest absolute Gasteiger partial charge is 0.465 e. The van der Waals surface area contributed by atoms with Crippen LogP contribution in [0.2, 0.25) is 0 Å². The fourth-order valence-corrected chi connectivity index (χ4v) is 2.51. The van der Waals surface area contributed by atoms with Crippen molar-refractivity contribution in [3.8, 4) is 0 Å². The molecule has 0 saturated carbocycles. The number of amides is 1. The van der Waals surface area contributed by atoms with Crippen molar-refractivity contribution >= 4 is 6.09 Å². The van der Waals surface area contributed by atoms with E-state index in [1.54, 1.807) is 11.0 Å². The summed E-state index contributed by atoms with van der Waals surface area (Å²) in [7, 11) is 0. The fourth-order valence-electron chi connectivity index (χ4n) is 2.51. The Morgan fingerprint density at radius 3 is 1.75 bits per heavy atom. The quantitative estimate of drug-likeness (QED) is 0.638. The average molecular weight is 227 g/mol. The summed E-state index contributed by atoms with van der Waals surface area (Å²) in [6.07, 6.45) is 3.99. The SMILES string of the molecule is C=CC.CC1(C)CCCC(C)(C)N1C(=O)O. The van der Waals surface area contributed by atoms with Crippen LogP contribution in [0.5, 0.6) is 0 Å². The molecule has 0 aromatic heterocycles. The predicted molar refractivity (Wildman–Crippen MR) is 67.7 cm³/mol. The van der Waals surface area contributed by atoms with Crippen LogP contribution in [-0.2, 0) is 0 Å². The van der Waals surface area contributed by atoms with Crippen LogP contribution in [0, 0.1) is 0 Å². The van der Waals surface area contributed by atoms with E-state index in [1.807, 2.05) is 34.6 Å². The zero-order chi connectivity index (χ0) is 13.0. The molecular weight excluding hydrogens is 202 g/mol. The van der Waals surface area contributed by atoms with Gasteiger partial charge < -0.3 is 5.11 Å². The number of allylic oxidation sites excluding steroid dienone is 1. The number of likely N-dealkylation sites (tertiary alicyclic amines) is 1. The number of carboxylic acid groups (broad SMARTS) is 1. The second-order valence-corrected chi connectivity index (χ2v) is 5.50. The third-order valence-corrected chi connectivity index (χ3v) is 2.98. The molecule has 1 amide bonds. The summed E-state index contributed by atoms with van der Waals surface area (Å²) >= 11 is 0. The number of carbonyl (C=O) groups is 1. The van der Waals surface area contributed by atoms with Crippen LogP contribution in [0.25, 0.3) is 0 Å². The first kappa shape index (κ1) is 15.0. The summed E-state index contributed by atoms with van der Waals surface area (Å²) < 4.78 is 0. The third-order valence-electron chi connectivity index (χ3n) is 2.98. The van der Waals surface area contributed by atoms with Crippen molar-refractivity contribution in [1.82, 2.24) is 4.90 Å². The number of hydrogen-bond acceptors (Lipinski definition) is 1. The van der Waals surface area contributed by atoms with Crippen LogP contribution in [-0.4, -0.2) is 27.2 Å². The maximum Gasteiger partial charge on any atom is 0.408 e. The van der Waals surface area contributed by atoms with Crippen molar-refractivity contribution in [3.63, 3.8) is 0 Å². The standard InChI is InChI=1S/C10H19NO2.C3H6/c1-9(2)6-5-7-10(3,4)11(9)8(12)13;1-3-2/h5-7H2,1-4H3,(H,12,13);3H,1H2,2H3. The molecule has 0 aromatic carbocycles. The van der Waals surface area contributed by atoms with E-state index in [0.29, 0.717) is 0 Å². The Morgan fingerprint density at radius 2 is 1.56 bits per heavy atom. The molecule has 0 atom stereocenters. The van der Waals surface area contributed by atoms with Crippen LogP contribution >= 0.6 is 0 Å². The summed E-state index contributed by atoms with van der Waals surface area (Å²) in [6, 6.07) is 0. The predicted octanol–water partition coefficient (Wildman–Crippen LogP) is 3.90. The molecular formula is C13H25NO2. The average Bonchev–Trinajstić information content (AvgIpc) is 1.99. The zero-order valence-corrected chi connectivity index (χ0v) is 11.2. The molecule has 3 heteroatoms. The molecule has 0 aromatic rings. The van der Waals surface area contributed by atoms with Gasteiger partial charge in [0.25, 0.3) is 0 Å². The molecule has 1 fully saturated rings. The maximum atomic E-state index is 11.1. The van der Waals surface area contributed by atoms with Crippen molar-refractivity contribution in [2.75, 3.05) is 0 Å². The van der Waals surface area contributed by atoms with Gasteiger partial charge in [0, 0.05) is 11.1 Å². The van der Waals surface area contributed by atoms with Gasteiger partial charge in [-0.05, 0) is 53.9 Å². The van der Waals surface area contributed by atoms with Crippen molar-refractivity contribution in [2.45, 2.75) is 65.0 Å². The highest BCUT2D eigenvalue weighted by Crippen LogP contribution is 2.37. The van der Waals surface area contributed by atoms with Crippen LogP contribution in [0.3, 0.4) is 0 Å². The van der Waals surface area contributed by atoms with Gasteiger partial charge in [-0.3, -0.25) is 4.90 Å². The lowest BCUT2D eigenvalue weighted by atomic mass is 9.80. The number of hydrogen-bond donors (Lipinski definition) is 1. The van der Waals surface area contributed by atoms with Crippen LogP contribution < -0.4 is 0 Å². The summed E-state index contributed by atoms with van der Waals surface area (Å²) in [6.45, 7) is 13.3. The Bertz CT molecular complexity index is 241. The highest BCUT2D eigenvalue weighted by molar-refractivity contribution is 5.67. The van der Waals surface area contributed by atoms with E-state index in [2.05, 4.69) is 6.58 Å². The van der Waals surface area contributed by atoms with E-state index in [1.165, 1.54) is 0 Å². The van der Waals surface area contributed by atoms with Gasteiger partial charge in [0.15, 0.2) is 0 Å². The van der Waals surface area contributed by atoms with Gasteiger partial charge in [0.2, 0.25) is 0 Å². The van der Waals surface area contributed by atoms with Gasteiger partial charge in [-0.2, -0.15) is 0 Å². The first-order chi connectivity index (χ1) is 7.19. The first-order valence-electron chi connectivity index (χ1n) is 5.79. The van der Waals surface area contributed by atoms with Gasteiger partial charge >= 0.3 is 6.09 Å². The molecule has 1 aliphatic rings. The highest BCUT2D eigenvalue weighted by Gasteiger charge is 2.44. The van der Waals surface area contributed by atoms with Gasteiger partial charge in [0.1, 0.15) is 0 Å². The van der Waals surface area contributed by atoms with Gasteiger partial charge in [-0.25, -0.2) is 4.79 Å². The molecule has 0 radical (unpaired) electrons. The van der Waals surface area contributed by atoms with E-state index in [-0.39, 0.29) is 11.1 Å². The Labute approximate surface area is 99.1 Å². The molecule has 94 valence electrons. The van der Waals surface area contributed by atoms with Gasteiger partial charge in [-0.15, -0.1) is 6.58 Å². The van der Waals surface area contributed by atoms with Crippen LogP contribution in [0.15, 0.2) is 12.7 Å². The Balaban J connectivity index is 0.000000673. The minimum absolute atomic E-state index is 0.215. The molecule has 0 spiro atoms. The fraction of sp³-hybridized carbons (Fsp3) is 0.769. The lowest BCUT2D eigenvalue weighted by molar-refractivity contribution is -0.0101. The molecule has 1 N–H and O–H groups in total. The summed E-state index contributed by atoms with van der Waals surface area (Å²) in [5.41, 5.74) is -0.429.